The molecule has 3 heterocycles. The lowest BCUT2D eigenvalue weighted by Gasteiger charge is -2.28. The number of non-ortho nitro benzene ring substituents is 1. The fourth-order valence-electron chi connectivity index (χ4n) is 4.68. The number of benzene rings is 2. The van der Waals surface area contributed by atoms with Crippen LogP contribution in [0.2, 0.25) is 0 Å². The third-order valence-corrected chi connectivity index (χ3v) is 7.70. The summed E-state index contributed by atoms with van der Waals surface area (Å²) < 4.78 is 4.91. The van der Waals surface area contributed by atoms with Gasteiger partial charge in [0.25, 0.3) is 11.6 Å². The van der Waals surface area contributed by atoms with Gasteiger partial charge in [0.2, 0.25) is 5.91 Å². The Bertz CT molecular complexity index is 1400. The van der Waals surface area contributed by atoms with E-state index in [1.807, 2.05) is 6.07 Å². The van der Waals surface area contributed by atoms with Crippen LogP contribution < -0.4 is 9.96 Å². The zero-order valence-electron chi connectivity index (χ0n) is 19.5. The number of amides is 2. The number of para-hydroxylation sites is 1. The lowest BCUT2D eigenvalue weighted by Crippen LogP contribution is -2.37. The van der Waals surface area contributed by atoms with Crippen molar-refractivity contribution in [2.75, 3.05) is 17.1 Å². The molecule has 2 aromatic carbocycles. The molecule has 2 saturated heterocycles. The van der Waals surface area contributed by atoms with Gasteiger partial charge in [0.1, 0.15) is 10.9 Å². The van der Waals surface area contributed by atoms with Crippen molar-refractivity contribution in [1.29, 1.82) is 0 Å². The van der Waals surface area contributed by atoms with Crippen molar-refractivity contribution < 1.29 is 28.9 Å². The van der Waals surface area contributed by atoms with Gasteiger partial charge in [0.15, 0.2) is 6.10 Å². The zero-order valence-corrected chi connectivity index (χ0v) is 20.4. The molecule has 184 valence electrons. The first-order valence-electron chi connectivity index (χ1n) is 11.1. The summed E-state index contributed by atoms with van der Waals surface area (Å²) in [6.45, 7) is 3.52. The molecular formula is C25H21N3O7S. The highest BCUT2D eigenvalue weighted by Crippen LogP contribution is 2.49. The lowest BCUT2D eigenvalue weighted by atomic mass is 9.90. The number of carbonyl (C=O) groups is 3. The Morgan fingerprint density at radius 2 is 1.81 bits per heavy atom. The molecule has 2 aliphatic rings. The molecule has 0 unspecified atom stereocenters. The van der Waals surface area contributed by atoms with E-state index in [1.165, 1.54) is 30.4 Å². The van der Waals surface area contributed by atoms with Crippen LogP contribution in [0.1, 0.15) is 32.4 Å². The third kappa shape index (κ3) is 3.55. The molecule has 0 bridgehead atoms. The maximum absolute atomic E-state index is 13.9. The number of ether oxygens (including phenoxy) is 1. The number of thiophene rings is 1. The van der Waals surface area contributed by atoms with E-state index in [-0.39, 0.29) is 16.3 Å². The molecule has 0 N–H and O–H groups in total. The molecule has 2 amide bonds. The molecule has 2 fully saturated rings. The highest BCUT2D eigenvalue weighted by molar-refractivity contribution is 7.17. The van der Waals surface area contributed by atoms with Crippen LogP contribution in [-0.2, 0) is 19.2 Å². The van der Waals surface area contributed by atoms with Crippen molar-refractivity contribution >= 4 is 45.5 Å². The Kier molecular flexibility index (Phi) is 5.81. The number of methoxy groups -OCH3 is 1. The molecule has 0 aliphatic carbocycles. The van der Waals surface area contributed by atoms with Gasteiger partial charge in [-0.3, -0.25) is 24.5 Å². The summed E-state index contributed by atoms with van der Waals surface area (Å²) in [4.78, 5) is 58.8. The molecule has 10 nitrogen and oxygen atoms in total. The Labute approximate surface area is 209 Å². The van der Waals surface area contributed by atoms with E-state index < -0.39 is 40.8 Å². The number of hydrogen-bond acceptors (Lipinski definition) is 9. The number of rotatable bonds is 5. The van der Waals surface area contributed by atoms with Gasteiger partial charge < -0.3 is 4.74 Å². The van der Waals surface area contributed by atoms with Crippen LogP contribution in [0.4, 0.5) is 16.4 Å². The number of hydrogen-bond donors (Lipinski definition) is 0. The highest BCUT2D eigenvalue weighted by Gasteiger charge is 2.61. The van der Waals surface area contributed by atoms with E-state index in [2.05, 4.69) is 0 Å². The van der Waals surface area contributed by atoms with Crippen LogP contribution in [-0.4, -0.2) is 35.9 Å². The van der Waals surface area contributed by atoms with E-state index in [4.69, 9.17) is 9.57 Å². The third-order valence-electron chi connectivity index (χ3n) is 6.51. The second-order valence-electron chi connectivity index (χ2n) is 8.48. The monoisotopic (exact) mass is 507 g/mol. The number of nitro groups is 1. The Morgan fingerprint density at radius 1 is 1.08 bits per heavy atom. The first-order valence-corrected chi connectivity index (χ1v) is 11.9. The van der Waals surface area contributed by atoms with Gasteiger partial charge in [0, 0.05) is 17.0 Å². The summed E-state index contributed by atoms with van der Waals surface area (Å²) in [7, 11) is 1.24. The molecule has 3 atom stereocenters. The van der Waals surface area contributed by atoms with Crippen molar-refractivity contribution in [3.63, 3.8) is 0 Å². The first kappa shape index (κ1) is 23.6. The van der Waals surface area contributed by atoms with Crippen molar-refractivity contribution in [2.24, 2.45) is 5.92 Å². The molecule has 0 radical (unpaired) electrons. The number of nitrogens with zero attached hydrogens (tertiary/aromatic N) is 3. The fraction of sp³-hybridized carbons (Fsp3) is 0.240. The van der Waals surface area contributed by atoms with Crippen molar-refractivity contribution in [3.05, 3.63) is 86.3 Å². The molecular weight excluding hydrogens is 486 g/mol. The van der Waals surface area contributed by atoms with Gasteiger partial charge in [-0.2, -0.15) is 0 Å². The molecule has 36 heavy (non-hydrogen) atoms. The summed E-state index contributed by atoms with van der Waals surface area (Å²) in [6, 6.07) is 14.0. The molecule has 1 aromatic heterocycles. The maximum atomic E-state index is 13.9. The average molecular weight is 508 g/mol. The Morgan fingerprint density at radius 3 is 2.47 bits per heavy atom. The average Bonchev–Trinajstić information content (AvgIpc) is 3.49. The molecule has 2 aliphatic heterocycles. The van der Waals surface area contributed by atoms with Crippen LogP contribution in [0, 0.1) is 29.9 Å². The van der Waals surface area contributed by atoms with E-state index in [0.29, 0.717) is 16.8 Å². The van der Waals surface area contributed by atoms with Crippen LogP contribution in [0.5, 0.6) is 0 Å². The topological polar surface area (TPSA) is 119 Å². The summed E-state index contributed by atoms with van der Waals surface area (Å²) in [6.07, 6.45) is -1.17. The Hall–Kier alpha value is -4.09. The quantitative estimate of drug-likeness (QED) is 0.219. The molecule has 0 spiro atoms. The first-order chi connectivity index (χ1) is 17.2. The van der Waals surface area contributed by atoms with Gasteiger partial charge in [-0.15, -0.1) is 11.3 Å². The van der Waals surface area contributed by atoms with Crippen LogP contribution in [0.25, 0.3) is 0 Å². The summed E-state index contributed by atoms with van der Waals surface area (Å²) in [5, 5.41) is 13.1. The van der Waals surface area contributed by atoms with E-state index in [1.54, 1.807) is 44.2 Å². The van der Waals surface area contributed by atoms with Crippen molar-refractivity contribution in [3.8, 4) is 0 Å². The summed E-state index contributed by atoms with van der Waals surface area (Å²) in [5.74, 6) is -2.80. The minimum atomic E-state index is -1.17. The number of hydroxylamine groups is 1. The SMILES string of the molecule is COC(=O)c1c(N2C(=O)[C@H]3[C@H](ON(c4ccccc4)[C@H]3c3cccc([N+](=O)[O-])c3)C2=O)sc(C)c1C. The number of esters is 1. The van der Waals surface area contributed by atoms with Crippen molar-refractivity contribution in [1.82, 2.24) is 0 Å². The minimum Gasteiger partial charge on any atom is -0.465 e. The summed E-state index contributed by atoms with van der Waals surface area (Å²) in [5.41, 5.74) is 1.69. The van der Waals surface area contributed by atoms with Gasteiger partial charge in [-0.25, -0.2) is 14.8 Å². The number of anilines is 2. The highest BCUT2D eigenvalue weighted by atomic mass is 32.1. The smallest absolute Gasteiger partial charge is 0.341 e. The van der Waals surface area contributed by atoms with Crippen LogP contribution in [0.3, 0.4) is 0 Å². The lowest BCUT2D eigenvalue weighted by molar-refractivity contribution is -0.384. The molecule has 3 aromatic rings. The number of aryl methyl sites for hydroxylation is 1. The molecule has 11 heteroatoms. The standard InChI is InChI=1S/C25H21N3O7S/c1-13-14(2)36-24(18(13)25(31)34-3)26-22(29)19-20(15-8-7-11-17(12-15)28(32)33)27(35-21(19)23(26)30)16-9-5-4-6-10-16/h4-12,19-21H,1-3H3/t19-,20+,21+/m1/s1. The number of fused-ring (bicyclic) bond motifs is 1. The second kappa shape index (κ2) is 8.85. The van der Waals surface area contributed by atoms with E-state index in [9.17, 15) is 24.5 Å². The summed E-state index contributed by atoms with van der Waals surface area (Å²) >= 11 is 1.15. The predicted molar refractivity (Wildman–Crippen MR) is 131 cm³/mol. The largest absolute Gasteiger partial charge is 0.465 e. The van der Waals surface area contributed by atoms with Gasteiger partial charge in [-0.05, 0) is 37.1 Å². The number of nitro benzene ring substituents is 1. The zero-order chi connectivity index (χ0) is 25.7. The number of carbonyl (C=O) groups excluding carboxylic acids is 3. The van der Waals surface area contributed by atoms with E-state index >= 15 is 0 Å². The van der Waals surface area contributed by atoms with Gasteiger partial charge in [0.05, 0.1) is 29.3 Å². The maximum Gasteiger partial charge on any atom is 0.341 e. The van der Waals surface area contributed by atoms with Crippen LogP contribution >= 0.6 is 11.3 Å². The Balaban J connectivity index is 1.63. The van der Waals surface area contributed by atoms with Crippen molar-refractivity contribution in [2.45, 2.75) is 26.0 Å². The minimum absolute atomic E-state index is 0.143. The molecule has 5 rings (SSSR count). The normalized spacial score (nSPS) is 21.1. The second-order valence-corrected chi connectivity index (χ2v) is 9.68. The van der Waals surface area contributed by atoms with Gasteiger partial charge in [-0.1, -0.05) is 30.3 Å². The predicted octanol–water partition coefficient (Wildman–Crippen LogP) is 4.11. The molecule has 0 saturated carbocycles. The van der Waals surface area contributed by atoms with Gasteiger partial charge >= 0.3 is 5.97 Å². The fourth-order valence-corrected chi connectivity index (χ4v) is 5.84. The van der Waals surface area contributed by atoms with Crippen LogP contribution in [0.15, 0.2) is 54.6 Å². The number of imide groups is 1. The van der Waals surface area contributed by atoms with E-state index in [0.717, 1.165) is 21.1 Å².